The Labute approximate surface area is 273 Å². The van der Waals surface area contributed by atoms with E-state index in [1.54, 1.807) is 13.8 Å². The average molecular weight is 646 g/mol. The summed E-state index contributed by atoms with van der Waals surface area (Å²) in [4.78, 5) is 84.8. The quantitative estimate of drug-likeness (QED) is 0.134. The zero-order chi connectivity index (χ0) is 34.5. The van der Waals surface area contributed by atoms with E-state index >= 15 is 0 Å². The van der Waals surface area contributed by atoms with Gasteiger partial charge in [0.15, 0.2) is 0 Å². The van der Waals surface area contributed by atoms with E-state index in [0.29, 0.717) is 12.0 Å². The first kappa shape index (κ1) is 36.3. The van der Waals surface area contributed by atoms with Crippen molar-refractivity contribution >= 4 is 46.1 Å². The molecular weight excluding hydrogens is 602 g/mol. The molecule has 4 atom stereocenters. The number of hydrogen-bond acceptors (Lipinski definition) is 8. The number of ketones is 1. The maximum absolute atomic E-state index is 13.4. The number of benzene rings is 2. The fourth-order valence-electron chi connectivity index (χ4n) is 4.97. The Morgan fingerprint density at radius 2 is 1.47 bits per heavy atom. The summed E-state index contributed by atoms with van der Waals surface area (Å²) >= 11 is 0. The minimum absolute atomic E-state index is 0.0242. The van der Waals surface area contributed by atoms with Gasteiger partial charge in [0, 0.05) is 18.8 Å². The van der Waals surface area contributed by atoms with Crippen molar-refractivity contribution in [2.45, 2.75) is 71.5 Å². The predicted molar refractivity (Wildman–Crippen MR) is 175 cm³/mol. The number of nitrogens with two attached hydrogens (primary N) is 1. The van der Waals surface area contributed by atoms with Gasteiger partial charge in [0.1, 0.15) is 18.4 Å². The summed E-state index contributed by atoms with van der Waals surface area (Å²) in [7, 11) is 0. The van der Waals surface area contributed by atoms with Crippen LogP contribution in [0.4, 0.5) is 0 Å². The number of rotatable bonds is 17. The van der Waals surface area contributed by atoms with Gasteiger partial charge < -0.3 is 27.0 Å². The highest BCUT2D eigenvalue weighted by molar-refractivity contribution is 6.38. The van der Waals surface area contributed by atoms with Crippen molar-refractivity contribution in [3.8, 4) is 0 Å². The largest absolute Gasteiger partial charge is 0.368 e. The first-order chi connectivity index (χ1) is 22.4. The van der Waals surface area contributed by atoms with Gasteiger partial charge in [-0.2, -0.15) is 0 Å². The standard InChI is InChI=1S/C34H43N7O6/c1-5-21(4)30(41-33(46)27(12-20(2)3)40-28(42)15-23-16-36-19-37-17-23)31(44)34(47)38-18-29(43)39-26(32(35)45)14-22-10-11-24-8-6-7-9-25(24)13-22/h6-11,13,16-17,19-21,26-27,30H,5,12,14-15,18H2,1-4H3,(H2,35,45)(H,38,47)(H,39,43)(H,40,42)(H,41,46)/t21-,26?,27?,30?/m0/s1. The van der Waals surface area contributed by atoms with Crippen molar-refractivity contribution in [1.82, 2.24) is 31.2 Å². The second-order valence-corrected chi connectivity index (χ2v) is 12.0. The molecule has 1 aromatic heterocycles. The molecule has 0 saturated carbocycles. The van der Waals surface area contributed by atoms with Gasteiger partial charge in [-0.3, -0.25) is 28.8 Å². The van der Waals surface area contributed by atoms with E-state index in [-0.39, 0.29) is 25.2 Å². The minimum atomic E-state index is -1.21. The van der Waals surface area contributed by atoms with Crippen LogP contribution in [0.25, 0.3) is 10.8 Å². The van der Waals surface area contributed by atoms with Crippen molar-refractivity contribution in [1.29, 1.82) is 0 Å². The van der Waals surface area contributed by atoms with Gasteiger partial charge in [-0.15, -0.1) is 0 Å². The Bertz CT molecular complexity index is 1580. The molecule has 0 spiro atoms. The number of fused-ring (bicyclic) bond motifs is 1. The SMILES string of the molecule is CC[C@H](C)C(NC(=O)C(CC(C)C)NC(=O)Cc1cncnc1)C(=O)C(=O)NCC(=O)NC(Cc1ccc2ccccc2c1)C(N)=O. The van der Waals surface area contributed by atoms with Crippen LogP contribution < -0.4 is 27.0 Å². The van der Waals surface area contributed by atoms with Crippen LogP contribution in [0.1, 0.15) is 51.7 Å². The summed E-state index contributed by atoms with van der Waals surface area (Å²) < 4.78 is 0. The number of hydrogen-bond donors (Lipinski definition) is 5. The molecule has 0 saturated heterocycles. The third-order valence-electron chi connectivity index (χ3n) is 7.70. The lowest BCUT2D eigenvalue weighted by molar-refractivity contribution is -0.142. The van der Waals surface area contributed by atoms with Crippen LogP contribution in [0, 0.1) is 11.8 Å². The van der Waals surface area contributed by atoms with Crippen LogP contribution in [-0.4, -0.2) is 70.0 Å². The molecular formula is C34H43N7O6. The predicted octanol–water partition coefficient (Wildman–Crippen LogP) is 1.13. The number of carbonyl (C=O) groups is 6. The van der Waals surface area contributed by atoms with Gasteiger partial charge in [0.25, 0.3) is 5.91 Å². The third kappa shape index (κ3) is 11.3. The van der Waals surface area contributed by atoms with Crippen molar-refractivity contribution in [2.24, 2.45) is 17.6 Å². The number of nitrogens with one attached hydrogen (secondary N) is 4. The highest BCUT2D eigenvalue weighted by Crippen LogP contribution is 2.17. The summed E-state index contributed by atoms with van der Waals surface area (Å²) in [6.45, 7) is 6.69. The van der Waals surface area contributed by atoms with E-state index in [9.17, 15) is 28.8 Å². The number of Topliss-reactive ketones (excluding diaryl/α,β-unsaturated/α-hetero) is 1. The zero-order valence-electron chi connectivity index (χ0n) is 27.1. The average Bonchev–Trinajstić information content (AvgIpc) is 3.04. The number of aromatic nitrogens is 2. The number of carbonyl (C=O) groups excluding carboxylic acids is 6. The molecule has 250 valence electrons. The van der Waals surface area contributed by atoms with Crippen molar-refractivity contribution in [3.05, 3.63) is 72.3 Å². The van der Waals surface area contributed by atoms with Crippen LogP contribution in [0.15, 0.2) is 61.2 Å². The van der Waals surface area contributed by atoms with Gasteiger partial charge in [0.05, 0.1) is 19.0 Å². The molecule has 13 nitrogen and oxygen atoms in total. The molecule has 0 aliphatic heterocycles. The molecule has 1 heterocycles. The number of amides is 5. The molecule has 0 aliphatic carbocycles. The van der Waals surface area contributed by atoms with Crippen molar-refractivity contribution < 1.29 is 28.8 Å². The molecule has 2 aromatic carbocycles. The van der Waals surface area contributed by atoms with E-state index in [1.165, 1.54) is 18.7 Å². The Morgan fingerprint density at radius 3 is 2.11 bits per heavy atom. The molecule has 5 amide bonds. The van der Waals surface area contributed by atoms with Crippen LogP contribution in [0.5, 0.6) is 0 Å². The zero-order valence-corrected chi connectivity index (χ0v) is 27.1. The van der Waals surface area contributed by atoms with E-state index in [0.717, 1.165) is 16.3 Å². The lowest BCUT2D eigenvalue weighted by atomic mass is 9.93. The molecule has 0 radical (unpaired) electrons. The molecule has 13 heteroatoms. The Hall–Kier alpha value is -5.20. The van der Waals surface area contributed by atoms with Gasteiger partial charge >= 0.3 is 0 Å². The second kappa shape index (κ2) is 17.5. The lowest BCUT2D eigenvalue weighted by Gasteiger charge is -2.26. The summed E-state index contributed by atoms with van der Waals surface area (Å²) in [6, 6.07) is 10.1. The maximum Gasteiger partial charge on any atom is 0.290 e. The number of nitrogens with zero attached hydrogens (tertiary/aromatic N) is 2. The molecule has 0 bridgehead atoms. The summed E-state index contributed by atoms with van der Waals surface area (Å²) in [6.07, 6.45) is 5.18. The van der Waals surface area contributed by atoms with E-state index < -0.39 is 65.9 Å². The van der Waals surface area contributed by atoms with Crippen molar-refractivity contribution in [2.75, 3.05) is 6.54 Å². The van der Waals surface area contributed by atoms with E-state index in [2.05, 4.69) is 31.2 Å². The first-order valence-corrected chi connectivity index (χ1v) is 15.6. The molecule has 3 rings (SSSR count). The molecule has 6 N–H and O–H groups in total. The monoisotopic (exact) mass is 645 g/mol. The topological polar surface area (TPSA) is 202 Å². The van der Waals surface area contributed by atoms with Gasteiger partial charge in [-0.25, -0.2) is 9.97 Å². The molecule has 3 aromatic rings. The Morgan fingerprint density at radius 1 is 0.809 bits per heavy atom. The highest BCUT2D eigenvalue weighted by atomic mass is 16.2. The lowest BCUT2D eigenvalue weighted by Crippen LogP contribution is -2.57. The Balaban J connectivity index is 1.60. The number of primary amides is 1. The summed E-state index contributed by atoms with van der Waals surface area (Å²) in [5, 5.41) is 12.1. The van der Waals surface area contributed by atoms with E-state index in [4.69, 9.17) is 5.73 Å². The minimum Gasteiger partial charge on any atom is -0.368 e. The van der Waals surface area contributed by atoms with Gasteiger partial charge in [-0.05, 0) is 40.2 Å². The van der Waals surface area contributed by atoms with Crippen LogP contribution >= 0.6 is 0 Å². The smallest absolute Gasteiger partial charge is 0.290 e. The second-order valence-electron chi connectivity index (χ2n) is 12.0. The first-order valence-electron chi connectivity index (χ1n) is 15.6. The Kier molecular flexibility index (Phi) is 13.5. The highest BCUT2D eigenvalue weighted by Gasteiger charge is 2.33. The van der Waals surface area contributed by atoms with Crippen LogP contribution in [0.3, 0.4) is 0 Å². The van der Waals surface area contributed by atoms with Crippen LogP contribution in [-0.2, 0) is 41.6 Å². The third-order valence-corrected chi connectivity index (χ3v) is 7.70. The molecule has 3 unspecified atom stereocenters. The fraction of sp³-hybridized carbons (Fsp3) is 0.412. The summed E-state index contributed by atoms with van der Waals surface area (Å²) in [5.41, 5.74) is 6.89. The fourth-order valence-corrected chi connectivity index (χ4v) is 4.97. The normalized spacial score (nSPS) is 13.6. The molecule has 47 heavy (non-hydrogen) atoms. The van der Waals surface area contributed by atoms with Gasteiger partial charge in [0.2, 0.25) is 29.4 Å². The maximum atomic E-state index is 13.4. The van der Waals surface area contributed by atoms with E-state index in [1.807, 2.05) is 56.3 Å². The van der Waals surface area contributed by atoms with Crippen LogP contribution in [0.2, 0.25) is 0 Å². The molecule has 0 aliphatic rings. The molecule has 0 fully saturated rings. The van der Waals surface area contributed by atoms with Crippen molar-refractivity contribution in [3.63, 3.8) is 0 Å². The van der Waals surface area contributed by atoms with Gasteiger partial charge in [-0.1, -0.05) is 76.6 Å². The summed E-state index contributed by atoms with van der Waals surface area (Å²) in [5.74, 6) is -4.95.